The molecule has 7 heteroatoms. The summed E-state index contributed by atoms with van der Waals surface area (Å²) in [6.07, 6.45) is 0. The first kappa shape index (κ1) is 14.0. The molecule has 0 spiro atoms. The summed E-state index contributed by atoms with van der Waals surface area (Å²) < 4.78 is 19.7. The summed E-state index contributed by atoms with van der Waals surface area (Å²) in [5.41, 5.74) is 0.951. The lowest BCUT2D eigenvalue weighted by Gasteiger charge is -2.09. The van der Waals surface area contributed by atoms with Gasteiger partial charge >= 0.3 is 5.97 Å². The summed E-state index contributed by atoms with van der Waals surface area (Å²) in [6, 6.07) is 6.34. The molecule has 1 unspecified atom stereocenters. The normalized spacial score (nSPS) is 11.9. The molecule has 1 N–H and O–H groups in total. The number of carbonyl (C=O) groups excluding carboxylic acids is 1. The lowest BCUT2D eigenvalue weighted by Crippen LogP contribution is -2.11. The fourth-order valence-corrected chi connectivity index (χ4v) is 3.35. The number of carbonyl (C=O) groups is 1. The van der Waals surface area contributed by atoms with Crippen molar-refractivity contribution in [2.45, 2.75) is 4.90 Å². The first-order chi connectivity index (χ1) is 9.11. The van der Waals surface area contributed by atoms with Crippen LogP contribution in [0, 0.1) is 0 Å². The Morgan fingerprint density at radius 3 is 2.84 bits per heavy atom. The highest BCUT2D eigenvalue weighted by atomic mass is 35.5. The molecule has 0 amide bonds. The maximum absolute atomic E-state index is 12.2. The van der Waals surface area contributed by atoms with E-state index in [4.69, 9.17) is 11.6 Å². The van der Waals surface area contributed by atoms with E-state index < -0.39 is 17.0 Å². The predicted octanol–water partition coefficient (Wildman–Crippen LogP) is 3.32. The second-order valence-electron chi connectivity index (χ2n) is 3.51. The Balaban J connectivity index is 2.34. The standard InChI is InChI=1S/C12H10ClNO3S2/c1-17-12(15)10-3-2-8(13)6-11(10)19(16)14-9-4-5-18-7-9/h2-7,14H,1H3. The highest BCUT2D eigenvalue weighted by molar-refractivity contribution is 7.86. The molecule has 0 aliphatic carbocycles. The molecular weight excluding hydrogens is 306 g/mol. The van der Waals surface area contributed by atoms with Crippen molar-refractivity contribution in [2.24, 2.45) is 0 Å². The number of rotatable bonds is 4. The molecule has 100 valence electrons. The van der Waals surface area contributed by atoms with Crippen LogP contribution in [-0.4, -0.2) is 17.3 Å². The van der Waals surface area contributed by atoms with E-state index in [0.29, 0.717) is 9.92 Å². The fraction of sp³-hybridized carbons (Fsp3) is 0.0833. The summed E-state index contributed by atoms with van der Waals surface area (Å²) >= 11 is 7.36. The zero-order valence-electron chi connectivity index (χ0n) is 9.88. The molecule has 0 saturated heterocycles. The molecule has 1 atom stereocenters. The number of esters is 1. The summed E-state index contributed by atoms with van der Waals surface area (Å²) in [5, 5.41) is 4.09. The van der Waals surface area contributed by atoms with Crippen LogP contribution in [0.1, 0.15) is 10.4 Å². The molecule has 2 aromatic rings. The van der Waals surface area contributed by atoms with Crippen molar-refractivity contribution >= 4 is 45.6 Å². The van der Waals surface area contributed by atoms with Gasteiger partial charge in [0.05, 0.1) is 23.3 Å². The molecule has 2 rings (SSSR count). The minimum atomic E-state index is -1.59. The van der Waals surface area contributed by atoms with E-state index in [1.165, 1.54) is 30.6 Å². The molecule has 0 bridgehead atoms. The summed E-state index contributed by atoms with van der Waals surface area (Å²) in [4.78, 5) is 11.9. The van der Waals surface area contributed by atoms with Crippen LogP contribution in [0.15, 0.2) is 39.9 Å². The van der Waals surface area contributed by atoms with Crippen molar-refractivity contribution < 1.29 is 13.7 Å². The Hall–Kier alpha value is -1.37. The Labute approximate surface area is 121 Å². The van der Waals surface area contributed by atoms with Crippen LogP contribution in [0.2, 0.25) is 5.02 Å². The van der Waals surface area contributed by atoms with E-state index in [1.54, 1.807) is 12.1 Å². The first-order valence-electron chi connectivity index (χ1n) is 5.20. The van der Waals surface area contributed by atoms with E-state index in [2.05, 4.69) is 9.46 Å². The van der Waals surface area contributed by atoms with Crippen molar-refractivity contribution in [1.29, 1.82) is 0 Å². The van der Waals surface area contributed by atoms with Gasteiger partial charge in [-0.25, -0.2) is 9.00 Å². The molecule has 0 aliphatic heterocycles. The summed E-state index contributed by atoms with van der Waals surface area (Å²) in [7, 11) is -0.312. The molecule has 19 heavy (non-hydrogen) atoms. The summed E-state index contributed by atoms with van der Waals surface area (Å²) in [6.45, 7) is 0. The summed E-state index contributed by atoms with van der Waals surface area (Å²) in [5.74, 6) is -0.549. The highest BCUT2D eigenvalue weighted by Gasteiger charge is 2.17. The lowest BCUT2D eigenvalue weighted by atomic mass is 10.2. The fourth-order valence-electron chi connectivity index (χ4n) is 1.41. The smallest absolute Gasteiger partial charge is 0.339 e. The van der Waals surface area contributed by atoms with E-state index in [1.807, 2.05) is 10.8 Å². The van der Waals surface area contributed by atoms with Gasteiger partial charge in [-0.15, -0.1) is 0 Å². The van der Waals surface area contributed by atoms with Gasteiger partial charge in [-0.05, 0) is 29.6 Å². The first-order valence-corrected chi connectivity index (χ1v) is 7.67. The number of hydrogen-bond acceptors (Lipinski definition) is 4. The van der Waals surface area contributed by atoms with Gasteiger partial charge in [0, 0.05) is 10.4 Å². The van der Waals surface area contributed by atoms with Crippen molar-refractivity contribution in [2.75, 3.05) is 11.8 Å². The number of hydrogen-bond donors (Lipinski definition) is 1. The van der Waals surface area contributed by atoms with Gasteiger partial charge in [-0.3, -0.25) is 0 Å². The number of anilines is 1. The van der Waals surface area contributed by atoms with Crippen molar-refractivity contribution in [3.05, 3.63) is 45.6 Å². The molecule has 1 aromatic heterocycles. The average Bonchev–Trinajstić information content (AvgIpc) is 2.90. The van der Waals surface area contributed by atoms with Gasteiger partial charge in [-0.2, -0.15) is 11.3 Å². The number of benzene rings is 1. The number of methoxy groups -OCH3 is 1. The molecule has 0 saturated carbocycles. The van der Waals surface area contributed by atoms with E-state index in [0.717, 1.165) is 5.69 Å². The van der Waals surface area contributed by atoms with E-state index in [-0.39, 0.29) is 5.56 Å². The van der Waals surface area contributed by atoms with Gasteiger partial charge in [0.2, 0.25) is 0 Å². The zero-order chi connectivity index (χ0) is 13.8. The number of nitrogens with one attached hydrogen (secondary N) is 1. The quantitative estimate of drug-likeness (QED) is 0.881. The largest absolute Gasteiger partial charge is 0.465 e. The molecule has 1 aromatic carbocycles. The molecule has 0 aliphatic rings. The molecule has 1 heterocycles. The van der Waals surface area contributed by atoms with Crippen LogP contribution in [-0.2, 0) is 15.7 Å². The number of halogens is 1. The maximum Gasteiger partial charge on any atom is 0.339 e. The van der Waals surface area contributed by atoms with Gasteiger partial charge in [-0.1, -0.05) is 11.6 Å². The number of ether oxygens (including phenoxy) is 1. The van der Waals surface area contributed by atoms with Gasteiger partial charge in [0.25, 0.3) is 0 Å². The third-order valence-electron chi connectivity index (χ3n) is 2.28. The Morgan fingerprint density at radius 1 is 1.42 bits per heavy atom. The maximum atomic E-state index is 12.2. The Kier molecular flexibility index (Phi) is 4.57. The van der Waals surface area contributed by atoms with Crippen molar-refractivity contribution in [3.8, 4) is 0 Å². The van der Waals surface area contributed by atoms with Crippen LogP contribution in [0.25, 0.3) is 0 Å². The van der Waals surface area contributed by atoms with Crippen molar-refractivity contribution in [1.82, 2.24) is 0 Å². The van der Waals surface area contributed by atoms with Gasteiger partial charge in [0.1, 0.15) is 0 Å². The van der Waals surface area contributed by atoms with Gasteiger partial charge in [0.15, 0.2) is 11.0 Å². The van der Waals surface area contributed by atoms with Crippen LogP contribution in [0.5, 0.6) is 0 Å². The molecule has 4 nitrogen and oxygen atoms in total. The van der Waals surface area contributed by atoms with Crippen LogP contribution in [0.3, 0.4) is 0 Å². The molecule has 0 fully saturated rings. The Bertz CT molecular complexity index is 613. The SMILES string of the molecule is COC(=O)c1ccc(Cl)cc1S(=O)Nc1ccsc1. The second kappa shape index (κ2) is 6.18. The van der Waals surface area contributed by atoms with Gasteiger partial charge < -0.3 is 9.46 Å². The third-order valence-corrected chi connectivity index (χ3v) is 4.36. The number of thiophene rings is 1. The molecule has 0 radical (unpaired) electrons. The van der Waals surface area contributed by atoms with Crippen LogP contribution < -0.4 is 4.72 Å². The lowest BCUT2D eigenvalue weighted by molar-refractivity contribution is 0.0596. The van der Waals surface area contributed by atoms with E-state index in [9.17, 15) is 9.00 Å². The third kappa shape index (κ3) is 3.34. The monoisotopic (exact) mass is 315 g/mol. The highest BCUT2D eigenvalue weighted by Crippen LogP contribution is 2.22. The van der Waals surface area contributed by atoms with E-state index >= 15 is 0 Å². The minimum Gasteiger partial charge on any atom is -0.465 e. The average molecular weight is 316 g/mol. The minimum absolute atomic E-state index is 0.230. The van der Waals surface area contributed by atoms with Crippen LogP contribution >= 0.6 is 22.9 Å². The van der Waals surface area contributed by atoms with Crippen molar-refractivity contribution in [3.63, 3.8) is 0 Å². The predicted molar refractivity (Wildman–Crippen MR) is 77.1 cm³/mol. The Morgan fingerprint density at radius 2 is 2.21 bits per heavy atom. The topological polar surface area (TPSA) is 55.4 Å². The second-order valence-corrected chi connectivity index (χ2v) is 5.91. The molecular formula is C12H10ClNO3S2. The van der Waals surface area contributed by atoms with Crippen LogP contribution in [0.4, 0.5) is 5.69 Å². The zero-order valence-corrected chi connectivity index (χ0v) is 12.3.